The molecule has 0 spiro atoms. The van der Waals surface area contributed by atoms with E-state index < -0.39 is 29.5 Å². The van der Waals surface area contributed by atoms with Gasteiger partial charge in [-0.3, -0.25) is 10.6 Å². The van der Waals surface area contributed by atoms with Gasteiger partial charge in [0.25, 0.3) is 0 Å². The van der Waals surface area contributed by atoms with Gasteiger partial charge in [0.2, 0.25) is 10.7 Å². The van der Waals surface area contributed by atoms with Crippen LogP contribution in [0.4, 0.5) is 25.6 Å². The van der Waals surface area contributed by atoms with E-state index in [0.717, 1.165) is 66.9 Å². The number of alkyl halides is 1. The number of nitrogens with zero attached hydrogens (tertiary/aromatic N) is 4. The van der Waals surface area contributed by atoms with Crippen LogP contribution in [0, 0.1) is 19.1 Å². The molecule has 2 amide bonds. The molecule has 0 saturated heterocycles. The number of aryl methyl sites for hydroxylation is 2. The molecule has 6 aromatic rings. The minimum Gasteiger partial charge on any atom is -0.618 e. The molecule has 53 heavy (non-hydrogen) atoms. The molecule has 2 fully saturated rings. The molecule has 2 saturated carbocycles. The molecule has 2 aliphatic carbocycles. The van der Waals surface area contributed by atoms with E-state index in [2.05, 4.69) is 25.6 Å². The summed E-state index contributed by atoms with van der Waals surface area (Å²) in [6.07, 6.45) is 11.4. The van der Waals surface area contributed by atoms with Crippen molar-refractivity contribution in [3.8, 4) is 22.4 Å². The zero-order valence-corrected chi connectivity index (χ0v) is 30.2. The topological polar surface area (TPSA) is 187 Å². The Hall–Kier alpha value is -5.86. The van der Waals surface area contributed by atoms with Crippen molar-refractivity contribution in [3.63, 3.8) is 0 Å². The van der Waals surface area contributed by atoms with E-state index in [0.29, 0.717) is 10.7 Å². The zero-order chi connectivity index (χ0) is 38.1. The predicted octanol–water partition coefficient (Wildman–Crippen LogP) is 8.65. The van der Waals surface area contributed by atoms with Crippen molar-refractivity contribution in [2.24, 2.45) is 0 Å². The Bertz CT molecular complexity index is 2230. The number of hydrogen-bond acceptors (Lipinski definition) is 7. The number of hydrogen-bond donors (Lipinski definition) is 4. The van der Waals surface area contributed by atoms with Crippen LogP contribution in [-0.2, 0) is 11.2 Å². The fraction of sp³-hybridized carbons (Fsp3) is 0.231. The van der Waals surface area contributed by atoms with Crippen LogP contribution in [0.5, 0.6) is 0 Å². The molecule has 2 aromatic carbocycles. The molecular weight excluding hydrogens is 700 g/mol. The van der Waals surface area contributed by atoms with Gasteiger partial charge in [-0.15, -0.1) is 0 Å². The minimum absolute atomic E-state index is 0.266. The Morgan fingerprint density at radius 1 is 0.774 bits per heavy atom. The van der Waals surface area contributed by atoms with Gasteiger partial charge >= 0.3 is 12.2 Å². The second kappa shape index (κ2) is 17.6. The number of carbonyl (C=O) groups is 2. The maximum Gasteiger partial charge on any atom is 0.410 e. The van der Waals surface area contributed by atoms with Crippen LogP contribution in [0.25, 0.3) is 43.9 Å². The smallest absolute Gasteiger partial charge is 0.410 e. The Morgan fingerprint density at radius 2 is 1.30 bits per heavy atom. The number of rotatable bonds is 5. The van der Waals surface area contributed by atoms with Crippen molar-refractivity contribution in [1.82, 2.24) is 15.0 Å². The van der Waals surface area contributed by atoms with Crippen LogP contribution in [-0.4, -0.2) is 54.3 Å². The van der Waals surface area contributed by atoms with Crippen LogP contribution >= 0.6 is 0 Å². The van der Waals surface area contributed by atoms with Crippen molar-refractivity contribution in [2.75, 3.05) is 16.9 Å². The first-order valence-corrected chi connectivity index (χ1v) is 18.4. The van der Waals surface area contributed by atoms with E-state index in [1.54, 1.807) is 43.0 Å². The lowest BCUT2D eigenvalue weighted by Crippen LogP contribution is -2.29. The number of halogens is 1. The highest BCUT2D eigenvalue weighted by Gasteiger charge is 2.18. The standard InChI is InChI=1S/C17H15N3O3S.C16H13N3O3.C3H5F.C3H6/c1-10-5-16(24(2)23)19-9-14(10)12-4-3-11-7-15(20-17(21)22)18-8-13(11)6-12;1-10-3-2-6-19(22)15(10)12-5-4-11-8-14(18-16(20)21)17-9-13(11)7-12;4-3-1-2-3;1-2-3-1/h3-9H,1-2H3,(H,18,20)(H,21,22);2-9H,1H3,(H,17,18)(H,20,21);3H,1-2H2;1-3H2. The van der Waals surface area contributed by atoms with Gasteiger partial charge < -0.3 is 20.0 Å². The molecule has 4 heterocycles. The number of pyridine rings is 4. The first kappa shape index (κ1) is 38.4. The largest absolute Gasteiger partial charge is 0.618 e. The lowest BCUT2D eigenvalue weighted by atomic mass is 10.0. The molecule has 0 radical (unpaired) electrons. The highest BCUT2D eigenvalue weighted by Crippen LogP contribution is 2.29. The highest BCUT2D eigenvalue weighted by molar-refractivity contribution is 7.90. The van der Waals surface area contributed by atoms with E-state index in [9.17, 15) is 23.7 Å². The summed E-state index contributed by atoms with van der Waals surface area (Å²) < 4.78 is 23.5. The van der Waals surface area contributed by atoms with Gasteiger partial charge in [-0.05, 0) is 85.0 Å². The summed E-state index contributed by atoms with van der Waals surface area (Å²) in [5, 5.41) is 37.9. The van der Waals surface area contributed by atoms with Crippen molar-refractivity contribution in [1.29, 1.82) is 0 Å². The summed E-state index contributed by atoms with van der Waals surface area (Å²) >= 11 is -1.11. The number of aromatic nitrogens is 4. The summed E-state index contributed by atoms with van der Waals surface area (Å²) in [6.45, 7) is 3.84. The number of anilines is 2. The predicted molar refractivity (Wildman–Crippen MR) is 204 cm³/mol. The van der Waals surface area contributed by atoms with Gasteiger partial charge in [-0.1, -0.05) is 37.5 Å². The lowest BCUT2D eigenvalue weighted by molar-refractivity contribution is -0.594. The van der Waals surface area contributed by atoms with Gasteiger partial charge in [0.1, 0.15) is 24.1 Å². The molecule has 12 nitrogen and oxygen atoms in total. The third kappa shape index (κ3) is 11.3. The van der Waals surface area contributed by atoms with E-state index in [4.69, 9.17) is 10.2 Å². The molecule has 4 aromatic heterocycles. The van der Waals surface area contributed by atoms with Crippen LogP contribution in [0.1, 0.15) is 43.2 Å². The number of carboxylic acid groups (broad SMARTS) is 2. The van der Waals surface area contributed by atoms with Crippen LogP contribution < -0.4 is 15.4 Å². The van der Waals surface area contributed by atoms with Gasteiger partial charge in [-0.25, -0.2) is 28.9 Å². The van der Waals surface area contributed by atoms with Crippen molar-refractivity contribution < 1.29 is 33.5 Å². The number of fused-ring (bicyclic) bond motifs is 2. The van der Waals surface area contributed by atoms with E-state index in [1.165, 1.54) is 25.5 Å². The molecule has 1 atom stereocenters. The van der Waals surface area contributed by atoms with Crippen LogP contribution in [0.15, 0.2) is 96.5 Å². The van der Waals surface area contributed by atoms with Crippen molar-refractivity contribution in [3.05, 3.63) is 108 Å². The molecule has 14 heteroatoms. The van der Waals surface area contributed by atoms with Gasteiger partial charge in [0, 0.05) is 69.4 Å². The summed E-state index contributed by atoms with van der Waals surface area (Å²) in [4.78, 5) is 33.7. The molecule has 0 aliphatic heterocycles. The Labute approximate surface area is 308 Å². The average molecular weight is 739 g/mol. The summed E-state index contributed by atoms with van der Waals surface area (Å²) in [7, 11) is 0. The second-order valence-corrected chi connectivity index (χ2v) is 13.8. The third-order valence-corrected chi connectivity index (χ3v) is 8.71. The first-order chi connectivity index (χ1) is 25.4. The number of amides is 2. The second-order valence-electron chi connectivity index (χ2n) is 12.5. The fourth-order valence-electron chi connectivity index (χ4n) is 4.95. The van der Waals surface area contributed by atoms with Gasteiger partial charge in [0.05, 0.1) is 0 Å². The maximum atomic E-state index is 12.0. The first-order valence-electron chi connectivity index (χ1n) is 16.8. The normalized spacial score (nSPS) is 13.2. The number of benzene rings is 2. The van der Waals surface area contributed by atoms with Gasteiger partial charge in [0.15, 0.2) is 6.20 Å². The Kier molecular flexibility index (Phi) is 12.7. The highest BCUT2D eigenvalue weighted by atomic mass is 32.2. The molecule has 1 unspecified atom stereocenters. The molecule has 274 valence electrons. The quantitative estimate of drug-likeness (QED) is 0.0762. The zero-order valence-electron chi connectivity index (χ0n) is 29.4. The minimum atomic E-state index is -1.16. The van der Waals surface area contributed by atoms with Crippen LogP contribution in [0.3, 0.4) is 0 Å². The van der Waals surface area contributed by atoms with E-state index in [-0.39, 0.29) is 11.6 Å². The molecule has 0 bridgehead atoms. The van der Waals surface area contributed by atoms with Crippen molar-refractivity contribution >= 4 is 56.5 Å². The summed E-state index contributed by atoms with van der Waals surface area (Å²) in [5.74, 6) is 0.554. The van der Waals surface area contributed by atoms with E-state index >= 15 is 0 Å². The van der Waals surface area contributed by atoms with Gasteiger partial charge in [-0.2, -0.15) is 4.73 Å². The number of nitrogens with one attached hydrogen (secondary N) is 2. The SMILES string of the molecule is C1CC1.Cc1cc([S+](C)[O-])ncc1-c1ccc2cc(NC(=O)O)ncc2c1.Cc1ccc[n+]([O-])c1-c1ccc2cc(NC(=O)O)ncc2c1.FC1CC1. The summed E-state index contributed by atoms with van der Waals surface area (Å²) in [5.41, 5.74) is 5.19. The van der Waals surface area contributed by atoms with Crippen LogP contribution in [0.2, 0.25) is 0 Å². The molecular formula is C39H39FN6O6S. The Morgan fingerprint density at radius 3 is 1.75 bits per heavy atom. The average Bonchev–Trinajstić information content (AvgIpc) is 4.05. The fourth-order valence-corrected chi connectivity index (χ4v) is 5.50. The molecule has 2 aliphatic rings. The summed E-state index contributed by atoms with van der Waals surface area (Å²) in [6, 6.07) is 20.1. The molecule has 4 N–H and O–H groups in total. The lowest BCUT2D eigenvalue weighted by Gasteiger charge is -2.10. The monoisotopic (exact) mass is 738 g/mol. The molecule has 8 rings (SSSR count). The Balaban J connectivity index is 0.000000172. The van der Waals surface area contributed by atoms with Crippen molar-refractivity contribution in [2.45, 2.75) is 57.1 Å². The van der Waals surface area contributed by atoms with E-state index in [1.807, 2.05) is 62.4 Å². The third-order valence-electron chi connectivity index (χ3n) is 7.90. The maximum absolute atomic E-state index is 12.0.